The van der Waals surface area contributed by atoms with Crippen molar-refractivity contribution in [3.05, 3.63) is 26.7 Å². The Bertz CT molecular complexity index is 415. The average Bonchev–Trinajstić information content (AvgIpc) is 2.59. The van der Waals surface area contributed by atoms with Crippen LogP contribution in [0.4, 0.5) is 0 Å². The summed E-state index contributed by atoms with van der Waals surface area (Å²) in [7, 11) is 0. The van der Waals surface area contributed by atoms with Crippen LogP contribution in [0.3, 0.4) is 0 Å². The van der Waals surface area contributed by atoms with E-state index in [1.807, 2.05) is 0 Å². The van der Waals surface area contributed by atoms with Gasteiger partial charge >= 0.3 is 0 Å². The summed E-state index contributed by atoms with van der Waals surface area (Å²) >= 11 is 9.46. The van der Waals surface area contributed by atoms with E-state index in [9.17, 15) is 4.79 Å². The lowest BCUT2D eigenvalue weighted by Crippen LogP contribution is -1.96. The largest absolute Gasteiger partial charge is 0.491 e. The van der Waals surface area contributed by atoms with Crippen LogP contribution in [-0.4, -0.2) is 12.4 Å². The smallest absolute Gasteiger partial charge is 0.161 e. The number of ether oxygens (including phenoxy) is 1. The molecule has 0 fully saturated rings. The maximum atomic E-state index is 11.3. The minimum absolute atomic E-state index is 0.0472. The summed E-state index contributed by atoms with van der Waals surface area (Å²) in [5.41, 5.74) is 1.57. The predicted molar refractivity (Wildman–Crippen MR) is 58.4 cm³/mol. The van der Waals surface area contributed by atoms with Gasteiger partial charge in [-0.3, -0.25) is 4.79 Å². The summed E-state index contributed by atoms with van der Waals surface area (Å²) in [6.07, 6.45) is 0.841. The van der Waals surface area contributed by atoms with Crippen molar-refractivity contribution in [2.45, 2.75) is 13.3 Å². The van der Waals surface area contributed by atoms with Gasteiger partial charge < -0.3 is 4.74 Å². The van der Waals surface area contributed by atoms with Crippen molar-refractivity contribution in [3.8, 4) is 5.75 Å². The molecular weight excluding hydrogens is 267 g/mol. The van der Waals surface area contributed by atoms with E-state index in [1.165, 1.54) is 6.92 Å². The minimum Gasteiger partial charge on any atom is -0.491 e. The third-order valence-corrected chi connectivity index (χ3v) is 3.33. The van der Waals surface area contributed by atoms with Gasteiger partial charge in [-0.15, -0.1) is 0 Å². The number of Topliss-reactive ketones (excluding diaryl/α,β-unsaturated/α-hetero) is 1. The van der Waals surface area contributed by atoms with Gasteiger partial charge in [-0.25, -0.2) is 0 Å². The van der Waals surface area contributed by atoms with Crippen LogP contribution in [0.25, 0.3) is 0 Å². The van der Waals surface area contributed by atoms with Crippen LogP contribution >= 0.6 is 27.5 Å². The van der Waals surface area contributed by atoms with Crippen molar-refractivity contribution in [2.24, 2.45) is 0 Å². The molecule has 0 N–H and O–H groups in total. The van der Waals surface area contributed by atoms with E-state index in [0.29, 0.717) is 22.9 Å². The van der Waals surface area contributed by atoms with Crippen molar-refractivity contribution in [3.63, 3.8) is 0 Å². The molecule has 0 radical (unpaired) electrons. The summed E-state index contributed by atoms with van der Waals surface area (Å²) in [6.45, 7) is 2.13. The standard InChI is InChI=1S/C10H8BrClO2/c1-5(13)7-4-8(11)6-2-3-14-10(6)9(7)12/h4H,2-3H2,1H3. The number of fused-ring (bicyclic) bond motifs is 1. The van der Waals surface area contributed by atoms with Gasteiger partial charge in [0.2, 0.25) is 0 Å². The Morgan fingerprint density at radius 1 is 1.64 bits per heavy atom. The highest BCUT2D eigenvalue weighted by molar-refractivity contribution is 9.10. The third kappa shape index (κ3) is 1.44. The molecule has 0 aliphatic carbocycles. The molecule has 1 aromatic carbocycles. The van der Waals surface area contributed by atoms with Crippen LogP contribution in [-0.2, 0) is 6.42 Å². The predicted octanol–water partition coefficient (Wildman–Crippen LogP) is 3.24. The van der Waals surface area contributed by atoms with Gasteiger partial charge in [-0.05, 0) is 13.0 Å². The van der Waals surface area contributed by atoms with Crippen molar-refractivity contribution in [1.29, 1.82) is 0 Å². The molecule has 0 aromatic heterocycles. The number of hydrogen-bond acceptors (Lipinski definition) is 2. The second kappa shape index (κ2) is 3.55. The summed E-state index contributed by atoms with van der Waals surface area (Å²) in [6, 6.07) is 1.76. The Balaban J connectivity index is 2.68. The first-order valence-electron chi connectivity index (χ1n) is 4.26. The first-order chi connectivity index (χ1) is 6.61. The van der Waals surface area contributed by atoms with Crippen LogP contribution in [0.2, 0.25) is 5.02 Å². The van der Waals surface area contributed by atoms with Crippen LogP contribution in [0.5, 0.6) is 5.75 Å². The number of carbonyl (C=O) groups is 1. The Kier molecular flexibility index (Phi) is 2.54. The van der Waals surface area contributed by atoms with Gasteiger partial charge in [0.1, 0.15) is 5.75 Å². The fraction of sp³-hybridized carbons (Fsp3) is 0.300. The second-order valence-electron chi connectivity index (χ2n) is 3.18. The zero-order valence-electron chi connectivity index (χ0n) is 7.56. The van der Waals surface area contributed by atoms with Gasteiger partial charge in [-0.2, -0.15) is 0 Å². The van der Waals surface area contributed by atoms with Crippen LogP contribution in [0, 0.1) is 0 Å². The molecule has 0 bridgehead atoms. The molecule has 0 atom stereocenters. The summed E-state index contributed by atoms with van der Waals surface area (Å²) in [4.78, 5) is 11.3. The first-order valence-corrected chi connectivity index (χ1v) is 5.43. The molecule has 0 amide bonds. The molecule has 4 heteroatoms. The molecule has 1 aliphatic rings. The molecule has 2 nitrogen and oxygen atoms in total. The molecule has 1 heterocycles. The van der Waals surface area contributed by atoms with E-state index in [0.717, 1.165) is 16.5 Å². The number of rotatable bonds is 1. The molecule has 1 aromatic rings. The highest BCUT2D eigenvalue weighted by Crippen LogP contribution is 2.40. The quantitative estimate of drug-likeness (QED) is 0.736. The van der Waals surface area contributed by atoms with Gasteiger partial charge in [0.15, 0.2) is 5.78 Å². The summed E-state index contributed by atoms with van der Waals surface area (Å²) < 4.78 is 6.29. The molecule has 0 saturated carbocycles. The van der Waals surface area contributed by atoms with E-state index in [4.69, 9.17) is 16.3 Å². The Hall–Kier alpha value is -0.540. The maximum Gasteiger partial charge on any atom is 0.161 e. The number of halogens is 2. The van der Waals surface area contributed by atoms with E-state index in [-0.39, 0.29) is 5.78 Å². The molecule has 1 aliphatic heterocycles. The molecule has 0 unspecified atom stereocenters. The normalized spacial score (nSPS) is 13.6. The topological polar surface area (TPSA) is 26.3 Å². The van der Waals surface area contributed by atoms with Crippen LogP contribution < -0.4 is 4.74 Å². The lowest BCUT2D eigenvalue weighted by Gasteiger charge is -2.07. The second-order valence-corrected chi connectivity index (χ2v) is 4.41. The average molecular weight is 276 g/mol. The van der Waals surface area contributed by atoms with Gasteiger partial charge in [-0.1, -0.05) is 27.5 Å². The highest BCUT2D eigenvalue weighted by atomic mass is 79.9. The maximum absolute atomic E-state index is 11.3. The molecule has 14 heavy (non-hydrogen) atoms. The lowest BCUT2D eigenvalue weighted by atomic mass is 10.1. The third-order valence-electron chi connectivity index (χ3n) is 2.25. The Morgan fingerprint density at radius 2 is 2.36 bits per heavy atom. The molecule has 0 saturated heterocycles. The molecule has 0 spiro atoms. The van der Waals surface area contributed by atoms with E-state index in [1.54, 1.807) is 6.07 Å². The van der Waals surface area contributed by atoms with E-state index in [2.05, 4.69) is 15.9 Å². The summed E-state index contributed by atoms with van der Waals surface area (Å²) in [5, 5.41) is 0.438. The van der Waals surface area contributed by atoms with Crippen molar-refractivity contribution >= 4 is 33.3 Å². The van der Waals surface area contributed by atoms with Crippen LogP contribution in [0.1, 0.15) is 22.8 Å². The molecule has 2 rings (SSSR count). The van der Waals surface area contributed by atoms with E-state index < -0.39 is 0 Å². The fourth-order valence-electron chi connectivity index (χ4n) is 1.54. The van der Waals surface area contributed by atoms with Crippen LogP contribution in [0.15, 0.2) is 10.5 Å². The van der Waals surface area contributed by atoms with Crippen molar-refractivity contribution in [1.82, 2.24) is 0 Å². The Labute approximate surface area is 95.3 Å². The molecule has 74 valence electrons. The number of ketones is 1. The first kappa shape index (κ1) is 9.99. The number of hydrogen-bond donors (Lipinski definition) is 0. The number of benzene rings is 1. The fourth-order valence-corrected chi connectivity index (χ4v) is 2.50. The van der Waals surface area contributed by atoms with Crippen molar-refractivity contribution in [2.75, 3.05) is 6.61 Å². The van der Waals surface area contributed by atoms with Gasteiger partial charge in [0, 0.05) is 22.0 Å². The zero-order chi connectivity index (χ0) is 10.3. The van der Waals surface area contributed by atoms with E-state index >= 15 is 0 Å². The van der Waals surface area contributed by atoms with Gasteiger partial charge in [0.05, 0.1) is 11.6 Å². The highest BCUT2D eigenvalue weighted by Gasteiger charge is 2.22. The van der Waals surface area contributed by atoms with Crippen molar-refractivity contribution < 1.29 is 9.53 Å². The number of carbonyl (C=O) groups excluding carboxylic acids is 1. The SMILES string of the molecule is CC(=O)c1cc(Br)c2c(c1Cl)OCC2. The zero-order valence-corrected chi connectivity index (χ0v) is 9.91. The summed E-state index contributed by atoms with van der Waals surface area (Å²) in [5.74, 6) is 0.611. The molecular formula is C10H8BrClO2. The monoisotopic (exact) mass is 274 g/mol. The lowest BCUT2D eigenvalue weighted by molar-refractivity contribution is 0.101. The Morgan fingerprint density at radius 3 is 3.00 bits per heavy atom. The van der Waals surface area contributed by atoms with Gasteiger partial charge in [0.25, 0.3) is 0 Å². The minimum atomic E-state index is -0.0472.